The molecule has 1 aromatic heterocycles. The van der Waals surface area contributed by atoms with Crippen molar-refractivity contribution in [1.29, 1.82) is 0 Å². The average Bonchev–Trinajstić information content (AvgIpc) is 2.95. The molecule has 0 aliphatic heterocycles. The Morgan fingerprint density at radius 1 is 1.24 bits per heavy atom. The standard InChI is InChI=1S/C16H12ClFN4O2S/c1-21-15(10-3-6-13(7-4-10)22(23)24)19-20-16(21)25-9-11-2-5-12(17)8-14(11)18/h2-8H,9H2,1H3. The fraction of sp³-hybridized carbons (Fsp3) is 0.125. The molecule has 0 saturated carbocycles. The lowest BCUT2D eigenvalue weighted by Gasteiger charge is -2.05. The summed E-state index contributed by atoms with van der Waals surface area (Å²) in [5, 5.41) is 19.9. The van der Waals surface area contributed by atoms with E-state index >= 15 is 0 Å². The van der Waals surface area contributed by atoms with Crippen LogP contribution in [0.25, 0.3) is 11.4 Å². The minimum atomic E-state index is -0.456. The highest BCUT2D eigenvalue weighted by Gasteiger charge is 2.14. The summed E-state index contributed by atoms with van der Waals surface area (Å²) < 4.78 is 15.6. The van der Waals surface area contributed by atoms with Crippen molar-refractivity contribution in [3.63, 3.8) is 0 Å². The van der Waals surface area contributed by atoms with Gasteiger partial charge in [0, 0.05) is 35.5 Å². The minimum Gasteiger partial charge on any atom is -0.305 e. The quantitative estimate of drug-likeness (QED) is 0.372. The summed E-state index contributed by atoms with van der Waals surface area (Å²) in [5.41, 5.74) is 1.25. The zero-order valence-electron chi connectivity index (χ0n) is 13.0. The average molecular weight is 379 g/mol. The Morgan fingerprint density at radius 2 is 1.96 bits per heavy atom. The molecule has 0 aliphatic rings. The third kappa shape index (κ3) is 3.80. The van der Waals surface area contributed by atoms with Gasteiger partial charge >= 0.3 is 0 Å². The lowest BCUT2D eigenvalue weighted by molar-refractivity contribution is -0.384. The number of benzene rings is 2. The van der Waals surface area contributed by atoms with Crippen LogP contribution < -0.4 is 0 Å². The maximum atomic E-state index is 13.8. The molecule has 0 unspecified atom stereocenters. The Labute approximate surface area is 151 Å². The summed E-state index contributed by atoms with van der Waals surface area (Å²) in [6.45, 7) is 0. The fourth-order valence-corrected chi connectivity index (χ4v) is 3.26. The molecular formula is C16H12ClFN4O2S. The first-order valence-electron chi connectivity index (χ1n) is 7.16. The molecule has 3 rings (SSSR count). The van der Waals surface area contributed by atoms with E-state index in [2.05, 4.69) is 10.2 Å². The molecule has 1 heterocycles. The molecule has 0 bridgehead atoms. The minimum absolute atomic E-state index is 0.0127. The molecule has 0 fully saturated rings. The summed E-state index contributed by atoms with van der Waals surface area (Å²) in [5.74, 6) is 0.599. The topological polar surface area (TPSA) is 73.8 Å². The Bertz CT molecular complexity index is 930. The summed E-state index contributed by atoms with van der Waals surface area (Å²) in [7, 11) is 1.79. The van der Waals surface area contributed by atoms with Gasteiger partial charge in [-0.15, -0.1) is 10.2 Å². The third-order valence-corrected chi connectivity index (χ3v) is 4.85. The van der Waals surface area contributed by atoms with Crippen LogP contribution in [0.5, 0.6) is 0 Å². The number of nitro benzene ring substituents is 1. The van der Waals surface area contributed by atoms with Crippen LogP contribution in [0.4, 0.5) is 10.1 Å². The number of thioether (sulfide) groups is 1. The lowest BCUT2D eigenvalue weighted by atomic mass is 10.2. The van der Waals surface area contributed by atoms with Crippen LogP contribution in [0.1, 0.15) is 5.56 Å². The van der Waals surface area contributed by atoms with Gasteiger partial charge in [0.25, 0.3) is 5.69 Å². The van der Waals surface area contributed by atoms with E-state index in [4.69, 9.17) is 11.6 Å². The van der Waals surface area contributed by atoms with Gasteiger partial charge in [0.1, 0.15) is 5.82 Å². The van der Waals surface area contributed by atoms with Crippen molar-refractivity contribution in [3.05, 3.63) is 69.0 Å². The van der Waals surface area contributed by atoms with Crippen molar-refractivity contribution < 1.29 is 9.31 Å². The van der Waals surface area contributed by atoms with Crippen LogP contribution in [0.3, 0.4) is 0 Å². The van der Waals surface area contributed by atoms with E-state index in [1.807, 2.05) is 0 Å². The summed E-state index contributed by atoms with van der Waals surface area (Å²) >= 11 is 7.09. The Morgan fingerprint density at radius 3 is 2.60 bits per heavy atom. The second kappa shape index (κ2) is 7.20. The number of rotatable bonds is 5. The Kier molecular flexibility index (Phi) is 5.00. The van der Waals surface area contributed by atoms with E-state index in [0.717, 1.165) is 0 Å². The summed E-state index contributed by atoms with van der Waals surface area (Å²) in [4.78, 5) is 10.3. The zero-order valence-corrected chi connectivity index (χ0v) is 14.6. The van der Waals surface area contributed by atoms with Crippen molar-refractivity contribution in [2.75, 3.05) is 0 Å². The smallest absolute Gasteiger partial charge is 0.269 e. The van der Waals surface area contributed by atoms with Crippen LogP contribution in [0.2, 0.25) is 5.02 Å². The van der Waals surface area contributed by atoms with Crippen molar-refractivity contribution >= 4 is 29.1 Å². The number of hydrogen-bond acceptors (Lipinski definition) is 5. The summed E-state index contributed by atoms with van der Waals surface area (Å²) in [6.07, 6.45) is 0. The molecule has 0 radical (unpaired) electrons. The van der Waals surface area contributed by atoms with Crippen LogP contribution in [0, 0.1) is 15.9 Å². The second-order valence-corrected chi connectivity index (χ2v) is 6.57. The normalized spacial score (nSPS) is 10.8. The molecule has 6 nitrogen and oxygen atoms in total. The number of nitrogens with zero attached hydrogens (tertiary/aromatic N) is 4. The van der Waals surface area contributed by atoms with Crippen molar-refractivity contribution in [1.82, 2.24) is 14.8 Å². The Hall–Kier alpha value is -2.45. The molecule has 0 amide bonds. The van der Waals surface area contributed by atoms with Gasteiger partial charge in [-0.1, -0.05) is 29.4 Å². The first-order chi connectivity index (χ1) is 12.0. The highest BCUT2D eigenvalue weighted by molar-refractivity contribution is 7.98. The predicted octanol–water partition coefficient (Wildman–Crippen LogP) is 4.48. The Balaban J connectivity index is 1.77. The monoisotopic (exact) mass is 378 g/mol. The molecule has 0 saturated heterocycles. The van der Waals surface area contributed by atoms with E-state index in [1.54, 1.807) is 35.9 Å². The molecular weight excluding hydrogens is 367 g/mol. The van der Waals surface area contributed by atoms with Gasteiger partial charge in [-0.3, -0.25) is 10.1 Å². The predicted molar refractivity (Wildman–Crippen MR) is 94.1 cm³/mol. The van der Waals surface area contributed by atoms with E-state index < -0.39 is 4.92 Å². The maximum Gasteiger partial charge on any atom is 0.269 e. The molecule has 0 aliphatic carbocycles. The molecule has 2 aromatic carbocycles. The van der Waals surface area contributed by atoms with E-state index in [-0.39, 0.29) is 11.5 Å². The SMILES string of the molecule is Cn1c(SCc2ccc(Cl)cc2F)nnc1-c1ccc([N+](=O)[O-])cc1. The van der Waals surface area contributed by atoms with Crippen molar-refractivity contribution in [2.45, 2.75) is 10.9 Å². The van der Waals surface area contributed by atoms with Crippen LogP contribution in [-0.4, -0.2) is 19.7 Å². The first kappa shape index (κ1) is 17.4. The van der Waals surface area contributed by atoms with Crippen molar-refractivity contribution in [3.8, 4) is 11.4 Å². The van der Waals surface area contributed by atoms with Gasteiger partial charge < -0.3 is 4.57 Å². The van der Waals surface area contributed by atoms with Gasteiger partial charge in [-0.2, -0.15) is 0 Å². The molecule has 128 valence electrons. The zero-order chi connectivity index (χ0) is 18.0. The largest absolute Gasteiger partial charge is 0.305 e. The fourth-order valence-electron chi connectivity index (χ4n) is 2.21. The van der Waals surface area contributed by atoms with Gasteiger partial charge in [0.05, 0.1) is 4.92 Å². The van der Waals surface area contributed by atoms with E-state index in [9.17, 15) is 14.5 Å². The third-order valence-electron chi connectivity index (χ3n) is 3.54. The number of non-ortho nitro benzene ring substituents is 1. The lowest BCUT2D eigenvalue weighted by Crippen LogP contribution is -1.96. The number of hydrogen-bond donors (Lipinski definition) is 0. The van der Waals surface area contributed by atoms with Crippen molar-refractivity contribution in [2.24, 2.45) is 7.05 Å². The van der Waals surface area contributed by atoms with Gasteiger partial charge in [0.2, 0.25) is 0 Å². The number of halogens is 2. The number of nitro groups is 1. The number of aromatic nitrogens is 3. The van der Waals surface area contributed by atoms with Gasteiger partial charge in [-0.25, -0.2) is 4.39 Å². The van der Waals surface area contributed by atoms with Crippen LogP contribution in [-0.2, 0) is 12.8 Å². The highest BCUT2D eigenvalue weighted by atomic mass is 35.5. The molecule has 3 aromatic rings. The second-order valence-electron chi connectivity index (χ2n) is 5.19. The molecule has 25 heavy (non-hydrogen) atoms. The summed E-state index contributed by atoms with van der Waals surface area (Å²) in [6, 6.07) is 10.6. The molecule has 0 atom stereocenters. The van der Waals surface area contributed by atoms with E-state index in [0.29, 0.717) is 32.9 Å². The maximum absolute atomic E-state index is 13.8. The molecule has 9 heteroatoms. The highest BCUT2D eigenvalue weighted by Crippen LogP contribution is 2.27. The van der Waals surface area contributed by atoms with Crippen LogP contribution >= 0.6 is 23.4 Å². The van der Waals surface area contributed by atoms with Crippen LogP contribution in [0.15, 0.2) is 47.6 Å². The molecule has 0 spiro atoms. The molecule has 0 N–H and O–H groups in total. The van der Waals surface area contributed by atoms with E-state index in [1.165, 1.54) is 30.0 Å². The first-order valence-corrected chi connectivity index (χ1v) is 8.53. The van der Waals surface area contributed by atoms with Gasteiger partial charge in [0.15, 0.2) is 11.0 Å². The van der Waals surface area contributed by atoms with Gasteiger partial charge in [-0.05, 0) is 29.8 Å².